The molecular weight excluding hydrogens is 538 g/mol. The molecule has 3 aromatic carbocycles. The lowest BCUT2D eigenvalue weighted by atomic mass is 10.1. The molecular formula is C28H20BrN3O5. The number of amides is 2. The smallest absolute Gasteiger partial charge is 0.287 e. The summed E-state index contributed by atoms with van der Waals surface area (Å²) in [6.07, 6.45) is 2.92. The molecule has 0 bridgehead atoms. The van der Waals surface area contributed by atoms with E-state index in [1.165, 1.54) is 12.3 Å². The third-order valence-corrected chi connectivity index (χ3v) is 5.82. The standard InChI is InChI=1S/C28H20BrN3O5/c29-21-8-4-7-20(15-21)24-12-10-22(37-24)16-30-32-28(34)23(31-27(33)19-5-2-1-3-6-19)13-18-9-11-25-26(14-18)36-17-35-25/h1-16H,17H2,(H,31,33)(H,32,34)/b23-13+,30-16+. The van der Waals surface area contributed by atoms with E-state index < -0.39 is 11.8 Å². The average molecular weight is 558 g/mol. The molecule has 0 atom stereocenters. The highest BCUT2D eigenvalue weighted by Crippen LogP contribution is 2.33. The lowest BCUT2D eigenvalue weighted by molar-refractivity contribution is -0.117. The summed E-state index contributed by atoms with van der Waals surface area (Å²) >= 11 is 3.44. The Morgan fingerprint density at radius 1 is 0.892 bits per heavy atom. The Balaban J connectivity index is 1.33. The summed E-state index contributed by atoms with van der Waals surface area (Å²) in [5.41, 5.74) is 4.38. The molecule has 2 N–H and O–H groups in total. The van der Waals surface area contributed by atoms with Crippen molar-refractivity contribution in [3.05, 3.63) is 112 Å². The number of carbonyl (C=O) groups is 2. The molecule has 1 aliphatic rings. The van der Waals surface area contributed by atoms with Gasteiger partial charge in [-0.3, -0.25) is 9.59 Å². The number of nitrogens with one attached hydrogen (secondary N) is 2. The molecule has 8 nitrogen and oxygen atoms in total. The number of hydrogen-bond acceptors (Lipinski definition) is 6. The van der Waals surface area contributed by atoms with Gasteiger partial charge < -0.3 is 19.2 Å². The van der Waals surface area contributed by atoms with Crippen molar-refractivity contribution in [3.63, 3.8) is 0 Å². The number of carbonyl (C=O) groups excluding carboxylic acids is 2. The van der Waals surface area contributed by atoms with Crippen LogP contribution in [0, 0.1) is 0 Å². The number of furan rings is 1. The van der Waals surface area contributed by atoms with Crippen LogP contribution in [0.4, 0.5) is 0 Å². The van der Waals surface area contributed by atoms with Gasteiger partial charge in [-0.25, -0.2) is 5.43 Å². The van der Waals surface area contributed by atoms with E-state index in [-0.39, 0.29) is 12.5 Å². The Hall–Kier alpha value is -4.63. The lowest BCUT2D eigenvalue weighted by Gasteiger charge is -2.09. The molecule has 1 aliphatic heterocycles. The van der Waals surface area contributed by atoms with Gasteiger partial charge in [-0.2, -0.15) is 5.10 Å². The quantitative estimate of drug-likeness (QED) is 0.181. The number of ether oxygens (including phenoxy) is 2. The van der Waals surface area contributed by atoms with E-state index in [1.807, 2.05) is 30.3 Å². The van der Waals surface area contributed by atoms with E-state index in [2.05, 4.69) is 31.8 Å². The molecule has 1 aromatic heterocycles. The Labute approximate surface area is 220 Å². The summed E-state index contributed by atoms with van der Waals surface area (Å²) in [5, 5.41) is 6.67. The summed E-state index contributed by atoms with van der Waals surface area (Å²) in [4.78, 5) is 25.8. The van der Waals surface area contributed by atoms with E-state index in [1.54, 1.807) is 54.6 Å². The van der Waals surface area contributed by atoms with Crippen LogP contribution in [0.2, 0.25) is 0 Å². The van der Waals surface area contributed by atoms with E-state index in [9.17, 15) is 9.59 Å². The average Bonchev–Trinajstić information content (AvgIpc) is 3.58. The highest BCUT2D eigenvalue weighted by molar-refractivity contribution is 9.10. The molecule has 2 amide bonds. The van der Waals surface area contributed by atoms with Crippen molar-refractivity contribution in [2.45, 2.75) is 0 Å². The highest BCUT2D eigenvalue weighted by Gasteiger charge is 2.17. The number of hydrazone groups is 1. The zero-order valence-corrected chi connectivity index (χ0v) is 20.9. The maximum absolute atomic E-state index is 13.0. The third-order valence-electron chi connectivity index (χ3n) is 5.33. The summed E-state index contributed by atoms with van der Waals surface area (Å²) in [7, 11) is 0. The number of benzene rings is 3. The monoisotopic (exact) mass is 557 g/mol. The summed E-state index contributed by atoms with van der Waals surface area (Å²) in [5.74, 6) is 1.23. The van der Waals surface area contributed by atoms with Gasteiger partial charge in [0.25, 0.3) is 11.8 Å². The fourth-order valence-electron chi connectivity index (χ4n) is 3.55. The molecule has 0 saturated heterocycles. The summed E-state index contributed by atoms with van der Waals surface area (Å²) in [6, 6.07) is 25.1. The van der Waals surface area contributed by atoms with Crippen molar-refractivity contribution in [3.8, 4) is 22.8 Å². The topological polar surface area (TPSA) is 102 Å². The minimum absolute atomic E-state index is 0.000798. The van der Waals surface area contributed by atoms with Crippen LogP contribution in [0.1, 0.15) is 21.7 Å². The molecule has 0 fully saturated rings. The SMILES string of the molecule is O=C(N/N=C/c1ccc(-c2cccc(Br)c2)o1)/C(=C\c1ccc2c(c1)OCO2)NC(=O)c1ccccc1. The second-order valence-corrected chi connectivity index (χ2v) is 8.82. The molecule has 0 aliphatic carbocycles. The fourth-order valence-corrected chi connectivity index (χ4v) is 3.95. The first-order valence-electron chi connectivity index (χ1n) is 11.2. The van der Waals surface area contributed by atoms with Crippen molar-refractivity contribution in [2.75, 3.05) is 6.79 Å². The Bertz CT molecular complexity index is 1510. The Morgan fingerprint density at radius 2 is 1.73 bits per heavy atom. The van der Waals surface area contributed by atoms with Crippen LogP contribution in [0.3, 0.4) is 0 Å². The van der Waals surface area contributed by atoms with Gasteiger partial charge in [0, 0.05) is 15.6 Å². The molecule has 2 heterocycles. The van der Waals surface area contributed by atoms with E-state index in [0.29, 0.717) is 34.1 Å². The van der Waals surface area contributed by atoms with Gasteiger partial charge in [0.05, 0.1) is 6.21 Å². The number of hydrogen-bond donors (Lipinski definition) is 2. The van der Waals surface area contributed by atoms with Crippen molar-refractivity contribution in [1.29, 1.82) is 0 Å². The molecule has 0 unspecified atom stereocenters. The third kappa shape index (κ3) is 5.96. The van der Waals surface area contributed by atoms with Gasteiger partial charge in [-0.15, -0.1) is 0 Å². The van der Waals surface area contributed by atoms with Crippen molar-refractivity contribution < 1.29 is 23.5 Å². The number of halogens is 1. The van der Waals surface area contributed by atoms with Crippen molar-refractivity contribution >= 4 is 40.0 Å². The number of nitrogens with zero attached hydrogens (tertiary/aromatic N) is 1. The second kappa shape index (κ2) is 11.0. The van der Waals surface area contributed by atoms with Crippen LogP contribution in [-0.4, -0.2) is 24.8 Å². The first-order chi connectivity index (χ1) is 18.0. The zero-order chi connectivity index (χ0) is 25.6. The molecule has 0 spiro atoms. The molecule has 0 saturated carbocycles. The van der Waals surface area contributed by atoms with Crippen LogP contribution in [-0.2, 0) is 4.79 Å². The Morgan fingerprint density at radius 3 is 2.57 bits per heavy atom. The normalized spacial score (nSPS) is 12.5. The van der Waals surface area contributed by atoms with Crippen LogP contribution in [0.5, 0.6) is 11.5 Å². The molecule has 37 heavy (non-hydrogen) atoms. The summed E-state index contributed by atoms with van der Waals surface area (Å²) in [6.45, 7) is 0.130. The predicted octanol–water partition coefficient (Wildman–Crippen LogP) is 5.36. The van der Waals surface area contributed by atoms with Gasteiger partial charge in [0.1, 0.15) is 17.2 Å². The predicted molar refractivity (Wildman–Crippen MR) is 142 cm³/mol. The maximum Gasteiger partial charge on any atom is 0.287 e. The number of fused-ring (bicyclic) bond motifs is 1. The largest absolute Gasteiger partial charge is 0.455 e. The van der Waals surface area contributed by atoms with Gasteiger partial charge in [0.2, 0.25) is 6.79 Å². The molecule has 0 radical (unpaired) electrons. The molecule has 9 heteroatoms. The zero-order valence-electron chi connectivity index (χ0n) is 19.3. The van der Waals surface area contributed by atoms with Crippen molar-refractivity contribution in [2.24, 2.45) is 5.10 Å². The molecule has 184 valence electrons. The van der Waals surface area contributed by atoms with Crippen LogP contribution < -0.4 is 20.2 Å². The summed E-state index contributed by atoms with van der Waals surface area (Å²) < 4.78 is 17.5. The van der Waals surface area contributed by atoms with Gasteiger partial charge >= 0.3 is 0 Å². The van der Waals surface area contributed by atoms with Gasteiger partial charge in [-0.1, -0.05) is 52.3 Å². The highest BCUT2D eigenvalue weighted by atomic mass is 79.9. The van der Waals surface area contributed by atoms with E-state index in [0.717, 1.165) is 10.0 Å². The Kier molecular flexibility index (Phi) is 7.14. The maximum atomic E-state index is 13.0. The van der Waals surface area contributed by atoms with Gasteiger partial charge in [-0.05, 0) is 60.2 Å². The first kappa shape index (κ1) is 24.1. The first-order valence-corrected chi connectivity index (χ1v) is 12.0. The van der Waals surface area contributed by atoms with Crippen LogP contribution in [0.15, 0.2) is 105 Å². The van der Waals surface area contributed by atoms with E-state index >= 15 is 0 Å². The minimum Gasteiger partial charge on any atom is -0.455 e. The molecule has 5 rings (SSSR count). The molecule has 4 aromatic rings. The van der Waals surface area contributed by atoms with Crippen LogP contribution >= 0.6 is 15.9 Å². The number of rotatable bonds is 7. The van der Waals surface area contributed by atoms with Gasteiger partial charge in [0.15, 0.2) is 11.5 Å². The minimum atomic E-state index is -0.614. The van der Waals surface area contributed by atoms with Crippen LogP contribution in [0.25, 0.3) is 17.4 Å². The lowest BCUT2D eigenvalue weighted by Crippen LogP contribution is -2.32. The fraction of sp³-hybridized carbons (Fsp3) is 0.0357. The van der Waals surface area contributed by atoms with Crippen molar-refractivity contribution in [1.82, 2.24) is 10.7 Å². The second-order valence-electron chi connectivity index (χ2n) is 7.90. The van der Waals surface area contributed by atoms with E-state index in [4.69, 9.17) is 13.9 Å².